The number of likely N-dealkylation sites (tertiary alicyclic amines) is 1. The molecule has 2 heterocycles. The van der Waals surface area contributed by atoms with Gasteiger partial charge in [-0.25, -0.2) is 4.98 Å². The molecule has 1 aliphatic rings. The highest BCUT2D eigenvalue weighted by Gasteiger charge is 2.24. The van der Waals surface area contributed by atoms with Crippen molar-refractivity contribution in [2.24, 2.45) is 5.92 Å². The molecule has 4 rings (SSSR count). The Hall–Kier alpha value is -1.88. The van der Waals surface area contributed by atoms with E-state index in [4.69, 9.17) is 28.2 Å². The first kappa shape index (κ1) is 23.3. The van der Waals surface area contributed by atoms with Crippen molar-refractivity contribution in [3.8, 4) is 11.1 Å². The molecular formula is C26H31Cl2N3O. The first-order chi connectivity index (χ1) is 15.2. The summed E-state index contributed by atoms with van der Waals surface area (Å²) >= 11 is 12.6. The molecule has 0 N–H and O–H groups in total. The van der Waals surface area contributed by atoms with Gasteiger partial charge in [-0.2, -0.15) is 0 Å². The summed E-state index contributed by atoms with van der Waals surface area (Å²) in [7, 11) is 0. The summed E-state index contributed by atoms with van der Waals surface area (Å²) in [6.07, 6.45) is 2.32. The van der Waals surface area contributed by atoms with E-state index in [1.807, 2.05) is 28.8 Å². The zero-order chi connectivity index (χ0) is 23.0. The van der Waals surface area contributed by atoms with Crippen LogP contribution < -0.4 is 5.56 Å². The zero-order valence-electron chi connectivity index (χ0n) is 19.2. The van der Waals surface area contributed by atoms with E-state index in [1.54, 1.807) is 12.1 Å². The van der Waals surface area contributed by atoms with Crippen LogP contribution in [0, 0.1) is 5.92 Å². The van der Waals surface area contributed by atoms with Gasteiger partial charge in [0, 0.05) is 40.7 Å². The van der Waals surface area contributed by atoms with Gasteiger partial charge in [-0.15, -0.1) is 0 Å². The Bertz CT molecular complexity index is 1190. The van der Waals surface area contributed by atoms with Gasteiger partial charge in [0.25, 0.3) is 5.56 Å². The van der Waals surface area contributed by atoms with Crippen molar-refractivity contribution >= 4 is 34.1 Å². The minimum absolute atomic E-state index is 0.0281. The van der Waals surface area contributed by atoms with E-state index in [0.717, 1.165) is 42.0 Å². The van der Waals surface area contributed by atoms with Gasteiger partial charge >= 0.3 is 0 Å². The lowest BCUT2D eigenvalue weighted by atomic mass is 9.96. The van der Waals surface area contributed by atoms with Crippen LogP contribution in [0.3, 0.4) is 0 Å². The molecule has 0 bridgehead atoms. The third kappa shape index (κ3) is 4.73. The summed E-state index contributed by atoms with van der Waals surface area (Å²) in [5, 5.41) is 1.85. The molecule has 6 heteroatoms. The highest BCUT2D eigenvalue weighted by molar-refractivity contribution is 6.35. The van der Waals surface area contributed by atoms with E-state index in [1.165, 1.54) is 6.42 Å². The van der Waals surface area contributed by atoms with E-state index in [-0.39, 0.29) is 11.5 Å². The van der Waals surface area contributed by atoms with Gasteiger partial charge in [-0.1, -0.05) is 43.1 Å². The topological polar surface area (TPSA) is 38.1 Å². The SMILES string of the molecule is CC(C)c1nc2ccc(-c3cc(Cl)ccc3Cl)cc2c(=O)n1C[C@H]1CCCN(C(C)C)C1. The summed E-state index contributed by atoms with van der Waals surface area (Å²) < 4.78 is 1.92. The van der Waals surface area contributed by atoms with Crippen LogP contribution in [0.1, 0.15) is 52.3 Å². The molecular weight excluding hydrogens is 441 g/mol. The van der Waals surface area contributed by atoms with Crippen LogP contribution in [0.4, 0.5) is 0 Å². The maximum absolute atomic E-state index is 13.7. The van der Waals surface area contributed by atoms with Crippen molar-refractivity contribution in [2.75, 3.05) is 13.1 Å². The fraction of sp³-hybridized carbons (Fsp3) is 0.462. The van der Waals surface area contributed by atoms with E-state index in [2.05, 4.69) is 32.6 Å². The second-order valence-electron chi connectivity index (χ2n) is 9.49. The Kier molecular flexibility index (Phi) is 6.94. The van der Waals surface area contributed by atoms with Crippen LogP contribution in [-0.2, 0) is 6.54 Å². The Morgan fingerprint density at radius 3 is 2.59 bits per heavy atom. The maximum atomic E-state index is 13.7. The summed E-state index contributed by atoms with van der Waals surface area (Å²) in [6, 6.07) is 11.7. The number of nitrogens with zero attached hydrogens (tertiary/aromatic N) is 3. The Morgan fingerprint density at radius 2 is 1.88 bits per heavy atom. The third-order valence-electron chi connectivity index (χ3n) is 6.46. The quantitative estimate of drug-likeness (QED) is 0.419. The van der Waals surface area contributed by atoms with E-state index >= 15 is 0 Å². The molecule has 0 unspecified atom stereocenters. The molecule has 0 amide bonds. The lowest BCUT2D eigenvalue weighted by molar-refractivity contribution is 0.129. The van der Waals surface area contributed by atoms with Gasteiger partial charge in [0.1, 0.15) is 5.82 Å². The second-order valence-corrected chi connectivity index (χ2v) is 10.3. The van der Waals surface area contributed by atoms with Gasteiger partial charge in [0.2, 0.25) is 0 Å². The number of piperidine rings is 1. The summed E-state index contributed by atoms with van der Waals surface area (Å²) in [5.41, 5.74) is 2.45. The number of hydrogen-bond donors (Lipinski definition) is 0. The maximum Gasteiger partial charge on any atom is 0.261 e. The number of halogens is 2. The first-order valence-electron chi connectivity index (χ1n) is 11.5. The summed E-state index contributed by atoms with van der Waals surface area (Å²) in [6.45, 7) is 11.6. The van der Waals surface area contributed by atoms with E-state index in [0.29, 0.717) is 33.9 Å². The van der Waals surface area contributed by atoms with Crippen molar-refractivity contribution in [2.45, 2.75) is 59.0 Å². The predicted octanol–water partition coefficient (Wildman–Crippen LogP) is 6.61. The standard InChI is InChI=1S/C26H31Cl2N3O/c1-16(2)25-29-24-10-7-19(21-13-20(27)8-9-23(21)28)12-22(24)26(32)31(25)15-18-6-5-11-30(14-18)17(3)4/h7-10,12-13,16-18H,5-6,11,14-15H2,1-4H3/t18-/m0/s1. The summed E-state index contributed by atoms with van der Waals surface area (Å²) in [5.74, 6) is 1.47. The fourth-order valence-corrected chi connectivity index (χ4v) is 5.11. The van der Waals surface area contributed by atoms with Gasteiger partial charge in [-0.05, 0) is 75.0 Å². The van der Waals surface area contributed by atoms with Crippen LogP contribution in [0.25, 0.3) is 22.0 Å². The molecule has 1 aromatic heterocycles. The van der Waals surface area contributed by atoms with Crippen molar-refractivity contribution < 1.29 is 0 Å². The van der Waals surface area contributed by atoms with Gasteiger partial charge < -0.3 is 4.90 Å². The Morgan fingerprint density at radius 1 is 1.09 bits per heavy atom. The van der Waals surface area contributed by atoms with Crippen LogP contribution in [0.2, 0.25) is 10.0 Å². The summed E-state index contributed by atoms with van der Waals surface area (Å²) in [4.78, 5) is 21.2. The second kappa shape index (κ2) is 9.54. The van der Waals surface area contributed by atoms with Crippen LogP contribution in [0.5, 0.6) is 0 Å². The predicted molar refractivity (Wildman–Crippen MR) is 135 cm³/mol. The molecule has 0 radical (unpaired) electrons. The Balaban J connectivity index is 1.79. The Labute approximate surface area is 200 Å². The molecule has 1 atom stereocenters. The molecule has 1 saturated heterocycles. The lowest BCUT2D eigenvalue weighted by Gasteiger charge is -2.36. The van der Waals surface area contributed by atoms with Gasteiger partial charge in [-0.3, -0.25) is 9.36 Å². The van der Waals surface area contributed by atoms with Crippen LogP contribution >= 0.6 is 23.2 Å². The smallest absolute Gasteiger partial charge is 0.261 e. The number of benzene rings is 2. The molecule has 3 aromatic rings. The minimum Gasteiger partial charge on any atom is -0.301 e. The minimum atomic E-state index is 0.0281. The van der Waals surface area contributed by atoms with Crippen molar-refractivity contribution in [3.63, 3.8) is 0 Å². The van der Waals surface area contributed by atoms with Crippen LogP contribution in [0.15, 0.2) is 41.2 Å². The first-order valence-corrected chi connectivity index (χ1v) is 12.2. The highest BCUT2D eigenvalue weighted by Crippen LogP contribution is 2.32. The monoisotopic (exact) mass is 471 g/mol. The molecule has 1 fully saturated rings. The highest BCUT2D eigenvalue weighted by atomic mass is 35.5. The average molecular weight is 472 g/mol. The lowest BCUT2D eigenvalue weighted by Crippen LogP contribution is -2.42. The van der Waals surface area contributed by atoms with Crippen molar-refractivity contribution in [1.29, 1.82) is 0 Å². The molecule has 0 aliphatic carbocycles. The molecule has 2 aromatic carbocycles. The van der Waals surface area contributed by atoms with Gasteiger partial charge in [0.15, 0.2) is 0 Å². The molecule has 170 valence electrons. The number of hydrogen-bond acceptors (Lipinski definition) is 3. The fourth-order valence-electron chi connectivity index (χ4n) is 4.72. The third-order valence-corrected chi connectivity index (χ3v) is 7.03. The normalized spacial score (nSPS) is 17.6. The van der Waals surface area contributed by atoms with E-state index < -0.39 is 0 Å². The van der Waals surface area contributed by atoms with E-state index in [9.17, 15) is 4.79 Å². The molecule has 0 saturated carbocycles. The molecule has 4 nitrogen and oxygen atoms in total. The molecule has 1 aliphatic heterocycles. The van der Waals surface area contributed by atoms with Crippen LogP contribution in [-0.4, -0.2) is 33.6 Å². The zero-order valence-corrected chi connectivity index (χ0v) is 20.7. The number of fused-ring (bicyclic) bond motifs is 1. The average Bonchev–Trinajstić information content (AvgIpc) is 2.77. The van der Waals surface area contributed by atoms with Crippen molar-refractivity contribution in [1.82, 2.24) is 14.5 Å². The van der Waals surface area contributed by atoms with Crippen molar-refractivity contribution in [3.05, 3.63) is 62.6 Å². The molecule has 32 heavy (non-hydrogen) atoms. The number of rotatable bonds is 5. The van der Waals surface area contributed by atoms with Gasteiger partial charge in [0.05, 0.1) is 10.9 Å². The molecule has 0 spiro atoms. The number of aromatic nitrogens is 2. The largest absolute Gasteiger partial charge is 0.301 e.